The van der Waals surface area contributed by atoms with Gasteiger partial charge in [-0.2, -0.15) is 0 Å². The molecule has 3 nitrogen and oxygen atoms in total. The average Bonchev–Trinajstić information content (AvgIpc) is 2.19. The maximum absolute atomic E-state index is 11.3. The van der Waals surface area contributed by atoms with Crippen LogP contribution < -0.4 is 5.32 Å². The molecule has 1 unspecified atom stereocenters. The molecule has 0 amide bonds. The first-order valence-corrected chi connectivity index (χ1v) is 6.72. The van der Waals surface area contributed by atoms with Crippen LogP contribution in [-0.4, -0.2) is 17.3 Å². The molecular weight excluding hydrogens is 197 g/mol. The van der Waals surface area contributed by atoms with E-state index in [1.165, 1.54) is 0 Å². The van der Waals surface area contributed by atoms with E-state index in [-0.39, 0.29) is 6.29 Å². The SMILES string of the molecule is CCP(=O)(O)CNCc1ccccc1. The summed E-state index contributed by atoms with van der Waals surface area (Å²) in [5.41, 5.74) is 1.13. The Morgan fingerprint density at radius 2 is 2.00 bits per heavy atom. The summed E-state index contributed by atoms with van der Waals surface area (Å²) in [5, 5.41) is 2.98. The molecule has 0 saturated heterocycles. The molecular formula is C10H16NO2P. The third-order valence-electron chi connectivity index (χ3n) is 2.02. The van der Waals surface area contributed by atoms with Gasteiger partial charge in [-0.3, -0.25) is 4.57 Å². The summed E-state index contributed by atoms with van der Waals surface area (Å²) in [4.78, 5) is 9.29. The molecule has 0 aliphatic carbocycles. The van der Waals surface area contributed by atoms with Crippen LogP contribution in [0.5, 0.6) is 0 Å². The highest BCUT2D eigenvalue weighted by Crippen LogP contribution is 2.37. The molecule has 0 aromatic heterocycles. The first-order valence-electron chi connectivity index (χ1n) is 4.69. The van der Waals surface area contributed by atoms with Crippen LogP contribution in [0.4, 0.5) is 0 Å². The highest BCUT2D eigenvalue weighted by molar-refractivity contribution is 7.57. The lowest BCUT2D eigenvalue weighted by Crippen LogP contribution is -2.15. The summed E-state index contributed by atoms with van der Waals surface area (Å²) in [7, 11) is -2.92. The predicted molar refractivity (Wildman–Crippen MR) is 58.5 cm³/mol. The second kappa shape index (κ2) is 5.30. The maximum atomic E-state index is 11.3. The number of rotatable bonds is 5. The Morgan fingerprint density at radius 1 is 1.36 bits per heavy atom. The van der Waals surface area contributed by atoms with Gasteiger partial charge in [-0.25, -0.2) is 0 Å². The Bertz CT molecular complexity index is 313. The topological polar surface area (TPSA) is 49.3 Å². The van der Waals surface area contributed by atoms with E-state index >= 15 is 0 Å². The number of benzene rings is 1. The van der Waals surface area contributed by atoms with E-state index in [9.17, 15) is 9.46 Å². The molecule has 1 atom stereocenters. The van der Waals surface area contributed by atoms with Gasteiger partial charge in [0.2, 0.25) is 7.37 Å². The van der Waals surface area contributed by atoms with Crippen molar-refractivity contribution in [1.82, 2.24) is 5.32 Å². The lowest BCUT2D eigenvalue weighted by molar-refractivity contribution is 0.472. The van der Waals surface area contributed by atoms with Gasteiger partial charge >= 0.3 is 0 Å². The quantitative estimate of drug-likeness (QED) is 0.736. The van der Waals surface area contributed by atoms with Crippen molar-refractivity contribution < 1.29 is 9.46 Å². The first kappa shape index (κ1) is 11.4. The largest absolute Gasteiger partial charge is 0.343 e. The van der Waals surface area contributed by atoms with Crippen LogP contribution in [-0.2, 0) is 11.1 Å². The van der Waals surface area contributed by atoms with Crippen molar-refractivity contribution in [2.75, 3.05) is 12.4 Å². The Balaban J connectivity index is 2.33. The number of hydrogen-bond acceptors (Lipinski definition) is 2. The maximum Gasteiger partial charge on any atom is 0.213 e. The van der Waals surface area contributed by atoms with Gasteiger partial charge in [0.15, 0.2) is 0 Å². The van der Waals surface area contributed by atoms with Gasteiger partial charge in [-0.15, -0.1) is 0 Å². The molecule has 0 fully saturated rings. The molecule has 0 aliphatic heterocycles. The van der Waals surface area contributed by atoms with Crippen LogP contribution in [0.2, 0.25) is 0 Å². The van der Waals surface area contributed by atoms with Gasteiger partial charge in [-0.05, 0) is 5.56 Å². The summed E-state index contributed by atoms with van der Waals surface area (Å²) in [5.74, 6) is 0. The van der Waals surface area contributed by atoms with Gasteiger partial charge < -0.3 is 10.2 Å². The lowest BCUT2D eigenvalue weighted by Gasteiger charge is -2.09. The van der Waals surface area contributed by atoms with Crippen molar-refractivity contribution in [3.05, 3.63) is 35.9 Å². The van der Waals surface area contributed by atoms with Crippen LogP contribution in [0.3, 0.4) is 0 Å². The molecule has 4 heteroatoms. The molecule has 1 aromatic carbocycles. The Morgan fingerprint density at radius 3 is 2.57 bits per heavy atom. The smallest absolute Gasteiger partial charge is 0.213 e. The molecule has 14 heavy (non-hydrogen) atoms. The molecule has 0 bridgehead atoms. The minimum atomic E-state index is -2.92. The fourth-order valence-electron chi connectivity index (χ4n) is 1.08. The van der Waals surface area contributed by atoms with Gasteiger partial charge in [0.1, 0.15) is 0 Å². The van der Waals surface area contributed by atoms with Crippen molar-refractivity contribution in [1.29, 1.82) is 0 Å². The second-order valence-corrected chi connectivity index (χ2v) is 5.87. The molecule has 1 rings (SSSR count). The third kappa shape index (κ3) is 4.05. The zero-order valence-electron chi connectivity index (χ0n) is 8.31. The third-order valence-corrected chi connectivity index (χ3v) is 3.73. The van der Waals surface area contributed by atoms with Crippen molar-refractivity contribution in [3.63, 3.8) is 0 Å². The average molecular weight is 213 g/mol. The molecule has 0 spiro atoms. The van der Waals surface area contributed by atoms with E-state index in [1.54, 1.807) is 6.92 Å². The zero-order chi connectivity index (χ0) is 10.4. The van der Waals surface area contributed by atoms with Crippen molar-refractivity contribution >= 4 is 7.37 Å². The number of hydrogen-bond donors (Lipinski definition) is 2. The predicted octanol–water partition coefficient (Wildman–Crippen LogP) is 2.02. The minimum absolute atomic E-state index is 0.193. The Labute approximate surface area is 84.6 Å². The lowest BCUT2D eigenvalue weighted by atomic mass is 10.2. The van der Waals surface area contributed by atoms with Crippen LogP contribution >= 0.6 is 7.37 Å². The summed E-state index contributed by atoms with van der Waals surface area (Å²) < 4.78 is 11.3. The minimum Gasteiger partial charge on any atom is -0.343 e. The normalized spacial score (nSPS) is 15.0. The molecule has 2 N–H and O–H groups in total. The van der Waals surface area contributed by atoms with E-state index in [0.29, 0.717) is 12.7 Å². The van der Waals surface area contributed by atoms with Gasteiger partial charge in [0.25, 0.3) is 0 Å². The summed E-state index contributed by atoms with van der Waals surface area (Å²) >= 11 is 0. The van der Waals surface area contributed by atoms with E-state index in [0.717, 1.165) is 5.56 Å². The standard InChI is InChI=1S/C10H16NO2P/c1-2-14(12,13)9-11-8-10-6-4-3-5-7-10/h3-7,11H,2,8-9H2,1H3,(H,12,13). The van der Waals surface area contributed by atoms with Crippen molar-refractivity contribution in [3.8, 4) is 0 Å². The van der Waals surface area contributed by atoms with E-state index < -0.39 is 7.37 Å². The summed E-state index contributed by atoms with van der Waals surface area (Å²) in [6, 6.07) is 9.83. The number of nitrogens with one attached hydrogen (secondary N) is 1. The van der Waals surface area contributed by atoms with Crippen molar-refractivity contribution in [2.45, 2.75) is 13.5 Å². The van der Waals surface area contributed by atoms with Crippen LogP contribution in [0.1, 0.15) is 12.5 Å². The molecule has 0 heterocycles. The highest BCUT2D eigenvalue weighted by atomic mass is 31.2. The van der Waals surface area contributed by atoms with Gasteiger partial charge in [0.05, 0.1) is 6.29 Å². The fourth-order valence-corrected chi connectivity index (χ4v) is 1.77. The monoisotopic (exact) mass is 213 g/mol. The van der Waals surface area contributed by atoms with E-state index in [1.807, 2.05) is 30.3 Å². The molecule has 0 radical (unpaired) electrons. The van der Waals surface area contributed by atoms with Crippen LogP contribution in [0.15, 0.2) is 30.3 Å². The summed E-state index contributed by atoms with van der Waals surface area (Å²) in [6.07, 6.45) is 0.521. The van der Waals surface area contributed by atoms with Crippen LogP contribution in [0, 0.1) is 0 Å². The van der Waals surface area contributed by atoms with Gasteiger partial charge in [-0.1, -0.05) is 37.3 Å². The zero-order valence-corrected chi connectivity index (χ0v) is 9.21. The van der Waals surface area contributed by atoms with E-state index in [4.69, 9.17) is 0 Å². The first-order chi connectivity index (χ1) is 6.64. The summed E-state index contributed by atoms with van der Waals surface area (Å²) in [6.45, 7) is 2.37. The van der Waals surface area contributed by atoms with Gasteiger partial charge in [0, 0.05) is 12.7 Å². The van der Waals surface area contributed by atoms with E-state index in [2.05, 4.69) is 5.32 Å². The Hall–Kier alpha value is -0.630. The molecule has 0 saturated carbocycles. The van der Waals surface area contributed by atoms with Crippen LogP contribution in [0.25, 0.3) is 0 Å². The van der Waals surface area contributed by atoms with Crippen molar-refractivity contribution in [2.24, 2.45) is 0 Å². The molecule has 78 valence electrons. The Kier molecular flexibility index (Phi) is 4.33. The molecule has 1 aromatic rings. The molecule has 0 aliphatic rings. The highest BCUT2D eigenvalue weighted by Gasteiger charge is 2.13. The fraction of sp³-hybridized carbons (Fsp3) is 0.400. The second-order valence-electron chi connectivity index (χ2n) is 3.23.